The molecular formula is C13H21NO2. The Bertz CT molecular complexity index is 325. The van der Waals surface area contributed by atoms with E-state index < -0.39 is 6.10 Å². The first kappa shape index (κ1) is 13.0. The van der Waals surface area contributed by atoms with Crippen LogP contribution in [0.1, 0.15) is 39.3 Å². The average Bonchev–Trinajstić information content (AvgIpc) is 2.15. The van der Waals surface area contributed by atoms with Gasteiger partial charge in [0.05, 0.1) is 12.1 Å². The highest BCUT2D eigenvalue weighted by atomic mass is 16.5. The van der Waals surface area contributed by atoms with Crippen molar-refractivity contribution < 1.29 is 9.84 Å². The second kappa shape index (κ2) is 4.85. The third-order valence-electron chi connectivity index (χ3n) is 2.21. The minimum absolute atomic E-state index is 0.200. The van der Waals surface area contributed by atoms with Crippen LogP contribution in [0, 0.1) is 0 Å². The summed E-state index contributed by atoms with van der Waals surface area (Å²) in [4.78, 5) is 0. The predicted octanol–water partition coefficient (Wildman–Crippen LogP) is 2.24. The van der Waals surface area contributed by atoms with E-state index in [-0.39, 0.29) is 11.6 Å². The number of nitrogens with two attached hydrogens (primary N) is 1. The summed E-state index contributed by atoms with van der Waals surface area (Å²) in [6, 6.07) is 7.19. The van der Waals surface area contributed by atoms with Crippen LogP contribution in [0.5, 0.6) is 5.75 Å². The van der Waals surface area contributed by atoms with Gasteiger partial charge in [0.2, 0.25) is 0 Å². The summed E-state index contributed by atoms with van der Waals surface area (Å²) in [5, 5.41) is 9.37. The molecule has 0 heterocycles. The molecule has 3 N–H and O–H groups in total. The Morgan fingerprint density at radius 3 is 2.06 bits per heavy atom. The van der Waals surface area contributed by atoms with Gasteiger partial charge in [-0.3, -0.25) is 0 Å². The first-order chi connectivity index (χ1) is 7.29. The van der Waals surface area contributed by atoms with E-state index in [4.69, 9.17) is 10.5 Å². The third kappa shape index (κ3) is 3.83. The van der Waals surface area contributed by atoms with Crippen LogP contribution in [-0.2, 0) is 0 Å². The van der Waals surface area contributed by atoms with E-state index in [2.05, 4.69) is 0 Å². The number of hydrogen-bond donors (Lipinski definition) is 2. The van der Waals surface area contributed by atoms with Gasteiger partial charge < -0.3 is 15.6 Å². The normalized spacial score (nSPS) is 15.6. The van der Waals surface area contributed by atoms with Crippen LogP contribution in [-0.4, -0.2) is 16.8 Å². The quantitative estimate of drug-likeness (QED) is 0.826. The molecule has 0 aliphatic heterocycles. The van der Waals surface area contributed by atoms with Crippen molar-refractivity contribution in [1.82, 2.24) is 0 Å². The van der Waals surface area contributed by atoms with Crippen LogP contribution in [0.2, 0.25) is 0 Å². The summed E-state index contributed by atoms with van der Waals surface area (Å²) < 4.78 is 5.69. The Hall–Kier alpha value is -1.06. The van der Waals surface area contributed by atoms with Crippen molar-refractivity contribution in [2.75, 3.05) is 0 Å². The van der Waals surface area contributed by atoms with Crippen molar-refractivity contribution in [3.63, 3.8) is 0 Å². The lowest BCUT2D eigenvalue weighted by Gasteiger charge is -2.22. The molecule has 0 fully saturated rings. The van der Waals surface area contributed by atoms with Crippen molar-refractivity contribution in [1.29, 1.82) is 0 Å². The first-order valence-corrected chi connectivity index (χ1v) is 5.52. The molecule has 16 heavy (non-hydrogen) atoms. The molecule has 1 aromatic carbocycles. The van der Waals surface area contributed by atoms with Gasteiger partial charge in [-0.25, -0.2) is 0 Å². The van der Waals surface area contributed by atoms with Gasteiger partial charge in [-0.1, -0.05) is 12.1 Å². The fourth-order valence-corrected chi connectivity index (χ4v) is 1.39. The summed E-state index contributed by atoms with van der Waals surface area (Å²) >= 11 is 0. The Morgan fingerprint density at radius 1 is 1.19 bits per heavy atom. The number of aliphatic hydroxyl groups excluding tert-OH is 1. The molecule has 0 radical (unpaired) electrons. The van der Waals surface area contributed by atoms with Gasteiger partial charge in [-0.2, -0.15) is 0 Å². The molecule has 90 valence electrons. The van der Waals surface area contributed by atoms with E-state index in [9.17, 15) is 5.11 Å². The Balaban J connectivity index is 2.76. The number of hydrogen-bond acceptors (Lipinski definition) is 3. The molecule has 0 amide bonds. The zero-order chi connectivity index (χ0) is 12.3. The molecule has 0 spiro atoms. The Morgan fingerprint density at radius 2 is 1.69 bits per heavy atom. The highest BCUT2D eigenvalue weighted by Crippen LogP contribution is 2.21. The van der Waals surface area contributed by atoms with Gasteiger partial charge in [0, 0.05) is 0 Å². The average molecular weight is 223 g/mol. The topological polar surface area (TPSA) is 55.5 Å². The Kier molecular flexibility index (Phi) is 3.94. The van der Waals surface area contributed by atoms with E-state index in [1.807, 2.05) is 45.0 Å². The SMILES string of the molecule is C[C@H](O)[C@H](N)c1ccc(OC(C)(C)C)cc1. The van der Waals surface area contributed by atoms with Crippen molar-refractivity contribution in [2.45, 2.75) is 45.4 Å². The summed E-state index contributed by atoms with van der Waals surface area (Å²) in [6.45, 7) is 7.69. The van der Waals surface area contributed by atoms with E-state index in [1.165, 1.54) is 0 Å². The number of rotatable bonds is 3. The van der Waals surface area contributed by atoms with E-state index in [0.717, 1.165) is 11.3 Å². The van der Waals surface area contributed by atoms with Gasteiger partial charge >= 0.3 is 0 Å². The molecule has 0 saturated carbocycles. The molecule has 0 saturated heterocycles. The minimum atomic E-state index is -0.547. The van der Waals surface area contributed by atoms with Crippen LogP contribution in [0.3, 0.4) is 0 Å². The lowest BCUT2D eigenvalue weighted by molar-refractivity contribution is 0.130. The standard InChI is InChI=1S/C13H21NO2/c1-9(15)12(14)10-5-7-11(8-6-10)16-13(2,3)4/h5-9,12,15H,14H2,1-4H3/t9-,12-/m0/s1. The molecule has 3 nitrogen and oxygen atoms in total. The van der Waals surface area contributed by atoms with Crippen LogP contribution < -0.4 is 10.5 Å². The van der Waals surface area contributed by atoms with E-state index in [0.29, 0.717) is 0 Å². The summed E-state index contributed by atoms with van der Waals surface area (Å²) in [5.41, 5.74) is 6.54. The molecule has 2 atom stereocenters. The second-order valence-corrected chi connectivity index (χ2v) is 5.05. The molecule has 0 bridgehead atoms. The summed E-state index contributed by atoms with van der Waals surface area (Å²) in [6.07, 6.45) is -0.547. The molecular weight excluding hydrogens is 202 g/mol. The Labute approximate surface area is 97.2 Å². The van der Waals surface area contributed by atoms with Gasteiger partial charge in [0.15, 0.2) is 0 Å². The van der Waals surface area contributed by atoms with Gasteiger partial charge in [-0.05, 0) is 45.4 Å². The van der Waals surface area contributed by atoms with E-state index in [1.54, 1.807) is 6.92 Å². The highest BCUT2D eigenvalue weighted by Gasteiger charge is 2.14. The zero-order valence-corrected chi connectivity index (χ0v) is 10.4. The summed E-state index contributed by atoms with van der Waals surface area (Å²) in [5.74, 6) is 0.814. The van der Waals surface area contributed by atoms with Crippen molar-refractivity contribution >= 4 is 0 Å². The number of ether oxygens (including phenoxy) is 1. The van der Waals surface area contributed by atoms with Crippen molar-refractivity contribution in [3.8, 4) is 5.75 Å². The second-order valence-electron chi connectivity index (χ2n) is 5.05. The lowest BCUT2D eigenvalue weighted by atomic mass is 10.0. The van der Waals surface area contributed by atoms with Crippen LogP contribution in [0.25, 0.3) is 0 Å². The maximum Gasteiger partial charge on any atom is 0.120 e. The van der Waals surface area contributed by atoms with Gasteiger partial charge in [-0.15, -0.1) is 0 Å². The van der Waals surface area contributed by atoms with Crippen LogP contribution in [0.15, 0.2) is 24.3 Å². The molecule has 1 aromatic rings. The molecule has 1 rings (SSSR count). The first-order valence-electron chi connectivity index (χ1n) is 5.52. The predicted molar refractivity (Wildman–Crippen MR) is 65.4 cm³/mol. The molecule has 3 heteroatoms. The monoisotopic (exact) mass is 223 g/mol. The third-order valence-corrected chi connectivity index (χ3v) is 2.21. The summed E-state index contributed by atoms with van der Waals surface area (Å²) in [7, 11) is 0. The van der Waals surface area contributed by atoms with Crippen molar-refractivity contribution in [3.05, 3.63) is 29.8 Å². The fourth-order valence-electron chi connectivity index (χ4n) is 1.39. The highest BCUT2D eigenvalue weighted by molar-refractivity contribution is 5.29. The minimum Gasteiger partial charge on any atom is -0.488 e. The van der Waals surface area contributed by atoms with Crippen molar-refractivity contribution in [2.24, 2.45) is 5.73 Å². The van der Waals surface area contributed by atoms with Gasteiger partial charge in [0.1, 0.15) is 11.4 Å². The molecule has 0 unspecified atom stereocenters. The molecule has 0 aliphatic rings. The van der Waals surface area contributed by atoms with Gasteiger partial charge in [0.25, 0.3) is 0 Å². The number of aliphatic hydroxyl groups is 1. The maximum absolute atomic E-state index is 9.37. The zero-order valence-electron chi connectivity index (χ0n) is 10.4. The molecule has 0 aliphatic carbocycles. The smallest absolute Gasteiger partial charge is 0.120 e. The lowest BCUT2D eigenvalue weighted by Crippen LogP contribution is -2.24. The number of benzene rings is 1. The largest absolute Gasteiger partial charge is 0.488 e. The van der Waals surface area contributed by atoms with E-state index >= 15 is 0 Å². The molecule has 0 aromatic heterocycles. The van der Waals surface area contributed by atoms with Crippen LogP contribution in [0.4, 0.5) is 0 Å². The fraction of sp³-hybridized carbons (Fsp3) is 0.538. The maximum atomic E-state index is 9.37. The van der Waals surface area contributed by atoms with Crippen LogP contribution >= 0.6 is 0 Å².